The molecule has 0 radical (unpaired) electrons. The van der Waals surface area contributed by atoms with E-state index in [1.807, 2.05) is 0 Å². The minimum absolute atomic E-state index is 0.420. The Labute approximate surface area is 91.3 Å². The van der Waals surface area contributed by atoms with Gasteiger partial charge in [-0.1, -0.05) is 0 Å². The molecule has 3 nitrogen and oxygen atoms in total. The molecule has 1 fully saturated rings. The Hall–Kier alpha value is -1.65. The molecule has 0 amide bonds. The second-order valence-corrected chi connectivity index (χ2v) is 3.79. The fourth-order valence-corrected chi connectivity index (χ4v) is 2.00. The van der Waals surface area contributed by atoms with Gasteiger partial charge >= 0.3 is 5.97 Å². The molecular weight excluding hydrogens is 216 g/mol. The number of nitrogens with zero attached hydrogens (tertiary/aromatic N) is 1. The van der Waals surface area contributed by atoms with Crippen molar-refractivity contribution in [2.24, 2.45) is 0 Å². The van der Waals surface area contributed by atoms with Gasteiger partial charge in [-0.2, -0.15) is 0 Å². The number of carboxylic acid groups (broad SMARTS) is 1. The van der Waals surface area contributed by atoms with Gasteiger partial charge in [-0.3, -0.25) is 0 Å². The van der Waals surface area contributed by atoms with Crippen molar-refractivity contribution in [2.45, 2.75) is 18.9 Å². The molecule has 1 atom stereocenters. The highest BCUT2D eigenvalue weighted by molar-refractivity contribution is 5.79. The SMILES string of the molecule is O=C(O)C1CCCN1c1ccc(F)c(F)c1. The average molecular weight is 227 g/mol. The monoisotopic (exact) mass is 227 g/mol. The average Bonchev–Trinajstić information content (AvgIpc) is 2.71. The van der Waals surface area contributed by atoms with Crippen LogP contribution in [0.15, 0.2) is 18.2 Å². The summed E-state index contributed by atoms with van der Waals surface area (Å²) in [6, 6.07) is 2.82. The summed E-state index contributed by atoms with van der Waals surface area (Å²) in [6.07, 6.45) is 1.28. The summed E-state index contributed by atoms with van der Waals surface area (Å²) in [6.45, 7) is 0.558. The second-order valence-electron chi connectivity index (χ2n) is 3.79. The molecule has 1 aromatic rings. The first-order valence-corrected chi connectivity index (χ1v) is 5.04. The predicted octanol–water partition coefficient (Wildman–Crippen LogP) is 2.02. The molecule has 1 heterocycles. The maximum absolute atomic E-state index is 13.0. The van der Waals surface area contributed by atoms with E-state index < -0.39 is 23.6 Å². The van der Waals surface area contributed by atoms with Crippen LogP contribution in [-0.2, 0) is 4.79 Å². The molecule has 0 aromatic heterocycles. The third-order valence-corrected chi connectivity index (χ3v) is 2.77. The van der Waals surface area contributed by atoms with Crippen molar-refractivity contribution >= 4 is 11.7 Å². The summed E-state index contributed by atoms with van der Waals surface area (Å²) < 4.78 is 25.7. The Bertz CT molecular complexity index is 422. The molecule has 86 valence electrons. The van der Waals surface area contributed by atoms with Crippen LogP contribution in [-0.4, -0.2) is 23.7 Å². The van der Waals surface area contributed by atoms with E-state index in [4.69, 9.17) is 5.11 Å². The van der Waals surface area contributed by atoms with E-state index in [0.717, 1.165) is 18.6 Å². The van der Waals surface area contributed by atoms with E-state index in [-0.39, 0.29) is 0 Å². The van der Waals surface area contributed by atoms with Crippen molar-refractivity contribution < 1.29 is 18.7 Å². The molecule has 0 aliphatic carbocycles. The Morgan fingerprint density at radius 2 is 2.12 bits per heavy atom. The molecule has 1 N–H and O–H groups in total. The van der Waals surface area contributed by atoms with Crippen molar-refractivity contribution in [3.05, 3.63) is 29.8 Å². The van der Waals surface area contributed by atoms with Crippen molar-refractivity contribution in [3.8, 4) is 0 Å². The number of anilines is 1. The third-order valence-electron chi connectivity index (χ3n) is 2.77. The number of benzene rings is 1. The number of hydrogen-bond acceptors (Lipinski definition) is 2. The van der Waals surface area contributed by atoms with Crippen LogP contribution in [0.5, 0.6) is 0 Å². The second kappa shape index (κ2) is 4.08. The number of halogens is 2. The van der Waals surface area contributed by atoms with E-state index in [1.165, 1.54) is 6.07 Å². The fraction of sp³-hybridized carbons (Fsp3) is 0.364. The van der Waals surface area contributed by atoms with Crippen LogP contribution in [0.1, 0.15) is 12.8 Å². The van der Waals surface area contributed by atoms with Crippen LogP contribution in [0, 0.1) is 11.6 Å². The van der Waals surface area contributed by atoms with Gasteiger partial charge in [0.25, 0.3) is 0 Å². The molecule has 2 rings (SSSR count). The van der Waals surface area contributed by atoms with Gasteiger partial charge < -0.3 is 10.0 Å². The van der Waals surface area contributed by atoms with Gasteiger partial charge in [-0.05, 0) is 25.0 Å². The lowest BCUT2D eigenvalue weighted by molar-refractivity contribution is -0.138. The molecule has 1 aliphatic heterocycles. The zero-order valence-electron chi connectivity index (χ0n) is 8.49. The summed E-state index contributed by atoms with van der Waals surface area (Å²) in [5, 5.41) is 8.96. The molecule has 1 unspecified atom stereocenters. The van der Waals surface area contributed by atoms with Gasteiger partial charge in [0.1, 0.15) is 6.04 Å². The van der Waals surface area contributed by atoms with E-state index >= 15 is 0 Å². The first-order valence-electron chi connectivity index (χ1n) is 5.04. The number of aliphatic carboxylic acids is 1. The molecule has 0 spiro atoms. The van der Waals surface area contributed by atoms with Crippen LogP contribution < -0.4 is 4.90 Å². The van der Waals surface area contributed by atoms with Crippen LogP contribution in [0.3, 0.4) is 0 Å². The predicted molar refractivity (Wildman–Crippen MR) is 54.4 cm³/mol. The molecule has 16 heavy (non-hydrogen) atoms. The molecule has 5 heteroatoms. The van der Waals surface area contributed by atoms with Gasteiger partial charge in [0, 0.05) is 18.3 Å². The zero-order valence-corrected chi connectivity index (χ0v) is 8.49. The van der Waals surface area contributed by atoms with Gasteiger partial charge in [0.05, 0.1) is 0 Å². The number of carboxylic acids is 1. The molecule has 1 aliphatic rings. The third kappa shape index (κ3) is 1.85. The zero-order chi connectivity index (χ0) is 11.7. The van der Waals surface area contributed by atoms with E-state index in [0.29, 0.717) is 18.7 Å². The van der Waals surface area contributed by atoms with E-state index in [9.17, 15) is 13.6 Å². The van der Waals surface area contributed by atoms with Crippen molar-refractivity contribution in [2.75, 3.05) is 11.4 Å². The Morgan fingerprint density at radius 1 is 1.38 bits per heavy atom. The van der Waals surface area contributed by atoms with E-state index in [2.05, 4.69) is 0 Å². The quantitative estimate of drug-likeness (QED) is 0.840. The molecule has 1 saturated heterocycles. The van der Waals surface area contributed by atoms with Crippen LogP contribution in [0.4, 0.5) is 14.5 Å². The minimum Gasteiger partial charge on any atom is -0.480 e. The lowest BCUT2D eigenvalue weighted by atomic mass is 10.2. The number of rotatable bonds is 2. The maximum Gasteiger partial charge on any atom is 0.326 e. The Morgan fingerprint density at radius 3 is 2.75 bits per heavy atom. The van der Waals surface area contributed by atoms with Crippen molar-refractivity contribution in [3.63, 3.8) is 0 Å². The maximum atomic E-state index is 13.0. The Kier molecular flexibility index (Phi) is 2.77. The summed E-state index contributed by atoms with van der Waals surface area (Å²) in [5.74, 6) is -2.80. The molecule has 0 bridgehead atoms. The topological polar surface area (TPSA) is 40.5 Å². The first kappa shape index (κ1) is 10.9. The summed E-state index contributed by atoms with van der Waals surface area (Å²) in [4.78, 5) is 12.5. The largest absolute Gasteiger partial charge is 0.480 e. The van der Waals surface area contributed by atoms with Crippen LogP contribution >= 0.6 is 0 Å². The standard InChI is InChI=1S/C11H11F2NO2/c12-8-4-3-7(6-9(8)13)14-5-1-2-10(14)11(15)16/h3-4,6,10H,1-2,5H2,(H,15,16). The highest BCUT2D eigenvalue weighted by Crippen LogP contribution is 2.26. The highest BCUT2D eigenvalue weighted by atomic mass is 19.2. The molecule has 0 saturated carbocycles. The molecular formula is C11H11F2NO2. The number of hydrogen-bond donors (Lipinski definition) is 1. The minimum atomic E-state index is -0.950. The van der Waals surface area contributed by atoms with Gasteiger partial charge in [0.2, 0.25) is 0 Å². The smallest absolute Gasteiger partial charge is 0.326 e. The lowest BCUT2D eigenvalue weighted by Gasteiger charge is -2.23. The van der Waals surface area contributed by atoms with Gasteiger partial charge in [0.15, 0.2) is 11.6 Å². The Balaban J connectivity index is 2.29. The van der Waals surface area contributed by atoms with E-state index in [1.54, 1.807) is 4.90 Å². The number of carbonyl (C=O) groups is 1. The molecule has 1 aromatic carbocycles. The normalized spacial score (nSPS) is 20.1. The summed E-state index contributed by atoms with van der Waals surface area (Å²) in [5.41, 5.74) is 0.420. The van der Waals surface area contributed by atoms with Crippen molar-refractivity contribution in [1.82, 2.24) is 0 Å². The fourth-order valence-electron chi connectivity index (χ4n) is 2.00. The van der Waals surface area contributed by atoms with Crippen molar-refractivity contribution in [1.29, 1.82) is 0 Å². The summed E-state index contributed by atoms with van der Waals surface area (Å²) >= 11 is 0. The van der Waals surface area contributed by atoms with Gasteiger partial charge in [-0.25, -0.2) is 13.6 Å². The first-order chi connectivity index (χ1) is 7.59. The van der Waals surface area contributed by atoms with Crippen LogP contribution in [0.25, 0.3) is 0 Å². The van der Waals surface area contributed by atoms with Crippen LogP contribution in [0.2, 0.25) is 0 Å². The lowest BCUT2D eigenvalue weighted by Crippen LogP contribution is -2.35. The summed E-state index contributed by atoms with van der Waals surface area (Å²) in [7, 11) is 0. The highest BCUT2D eigenvalue weighted by Gasteiger charge is 2.30. The van der Waals surface area contributed by atoms with Gasteiger partial charge in [-0.15, -0.1) is 0 Å².